The zero-order valence-electron chi connectivity index (χ0n) is 39.5. The van der Waals surface area contributed by atoms with E-state index in [1.807, 2.05) is 61.1 Å². The fourth-order valence-electron chi connectivity index (χ4n) is 13.2. The third-order valence-electron chi connectivity index (χ3n) is 16.2. The topological polar surface area (TPSA) is 125 Å². The summed E-state index contributed by atoms with van der Waals surface area (Å²) in [5.41, 5.74) is -0.145. The first-order valence-electron chi connectivity index (χ1n) is 23.9. The monoisotopic (exact) mass is 891 g/mol. The molecule has 1 spiro atoms. The molecular formula is C50H66N8O7. The van der Waals surface area contributed by atoms with Gasteiger partial charge < -0.3 is 33.8 Å². The summed E-state index contributed by atoms with van der Waals surface area (Å²) in [6, 6.07) is 0. The highest BCUT2D eigenvalue weighted by Gasteiger charge is 2.85. The molecule has 0 saturated carbocycles. The maximum Gasteiger partial charge on any atom is 0.410 e. The second-order valence-corrected chi connectivity index (χ2v) is 21.9. The summed E-state index contributed by atoms with van der Waals surface area (Å²) in [6.45, 7) is 24.8. The molecule has 11 aliphatic rings. The number of carbonyl (C=O) groups excluding carboxylic acids is 4. The predicted molar refractivity (Wildman–Crippen MR) is 244 cm³/mol. The Bertz CT molecular complexity index is 2180. The number of piperazine rings is 4. The summed E-state index contributed by atoms with van der Waals surface area (Å²) in [5.74, 6) is 0.195. The van der Waals surface area contributed by atoms with Crippen molar-refractivity contribution in [1.82, 2.24) is 39.2 Å². The van der Waals surface area contributed by atoms with Crippen LogP contribution in [0, 0.1) is 0 Å². The lowest BCUT2D eigenvalue weighted by molar-refractivity contribution is -0.131. The van der Waals surface area contributed by atoms with Crippen LogP contribution in [0.5, 0.6) is 0 Å². The molecule has 4 amide bonds. The van der Waals surface area contributed by atoms with Gasteiger partial charge in [0.25, 0.3) is 0 Å². The van der Waals surface area contributed by atoms with Gasteiger partial charge in [-0.05, 0) is 64.8 Å². The molecule has 11 rings (SSSR count). The molecule has 0 aromatic rings. The van der Waals surface area contributed by atoms with Crippen LogP contribution >= 0.6 is 0 Å². The summed E-state index contributed by atoms with van der Waals surface area (Å²) < 4.78 is 19.3. The van der Waals surface area contributed by atoms with Gasteiger partial charge in [0.15, 0.2) is 5.60 Å². The van der Waals surface area contributed by atoms with E-state index in [2.05, 4.69) is 80.4 Å². The van der Waals surface area contributed by atoms with E-state index in [0.29, 0.717) is 105 Å². The van der Waals surface area contributed by atoms with Crippen molar-refractivity contribution < 1.29 is 33.4 Å². The van der Waals surface area contributed by atoms with Gasteiger partial charge in [-0.25, -0.2) is 9.59 Å². The highest BCUT2D eigenvalue weighted by atomic mass is 16.6. The molecule has 0 N–H and O–H groups in total. The molecule has 348 valence electrons. The van der Waals surface area contributed by atoms with Crippen LogP contribution in [0.15, 0.2) is 83.1 Å². The SMILES string of the molecule is CC(=O)N1CCN([C@@]23C=CC45C=C[C@@]6(N7CCN(C(C)=O)CC7)C=C[C@@]7(N8CCN(C(=O)OC(C)(C)C)CC8)C=C[C@@](N8CCN(C(=O)OC(C)(C)C)CC8)(C=C2)C2=C3C4(O5)C6=C27)CC1. The Hall–Kier alpha value is -4.54. The first-order chi connectivity index (χ1) is 30.7. The summed E-state index contributed by atoms with van der Waals surface area (Å²) in [5, 5.41) is 0. The van der Waals surface area contributed by atoms with Crippen LogP contribution in [0.25, 0.3) is 0 Å². The molecule has 6 atom stereocenters. The Morgan fingerprint density at radius 1 is 0.431 bits per heavy atom. The third-order valence-corrected chi connectivity index (χ3v) is 16.2. The van der Waals surface area contributed by atoms with Gasteiger partial charge in [0.05, 0.1) is 22.2 Å². The van der Waals surface area contributed by atoms with Crippen molar-refractivity contribution in [2.24, 2.45) is 0 Å². The van der Waals surface area contributed by atoms with Crippen molar-refractivity contribution in [1.29, 1.82) is 0 Å². The van der Waals surface area contributed by atoms with Crippen molar-refractivity contribution in [3.8, 4) is 0 Å². The molecule has 5 fully saturated rings. The number of rotatable bonds is 4. The fourth-order valence-corrected chi connectivity index (χ4v) is 13.2. The van der Waals surface area contributed by atoms with Gasteiger partial charge in [-0.2, -0.15) is 0 Å². The fraction of sp³-hybridized carbons (Fsp3) is 0.640. The second-order valence-electron chi connectivity index (χ2n) is 21.9. The van der Waals surface area contributed by atoms with Crippen LogP contribution in [0.4, 0.5) is 9.59 Å². The molecule has 5 saturated heterocycles. The minimum atomic E-state index is -0.786. The number of ether oxygens (including phenoxy) is 3. The Labute approximate surface area is 383 Å². The molecule has 15 nitrogen and oxygen atoms in total. The Morgan fingerprint density at radius 2 is 0.708 bits per heavy atom. The largest absolute Gasteiger partial charge is 0.444 e. The molecule has 5 aliphatic heterocycles. The number of hydrogen-bond acceptors (Lipinski definition) is 11. The first-order valence-corrected chi connectivity index (χ1v) is 23.9. The van der Waals surface area contributed by atoms with E-state index < -0.39 is 44.6 Å². The quantitative estimate of drug-likeness (QED) is 0.305. The molecular weight excluding hydrogens is 825 g/mol. The lowest BCUT2D eigenvalue weighted by atomic mass is 9.60. The molecule has 15 heteroatoms. The maximum absolute atomic E-state index is 13.5. The van der Waals surface area contributed by atoms with Crippen molar-refractivity contribution in [3.63, 3.8) is 0 Å². The van der Waals surface area contributed by atoms with E-state index in [1.54, 1.807) is 13.8 Å². The van der Waals surface area contributed by atoms with Gasteiger partial charge in [-0.15, -0.1) is 0 Å². The number of nitrogens with zero attached hydrogens (tertiary/aromatic N) is 8. The summed E-state index contributed by atoms with van der Waals surface area (Å²) in [7, 11) is 0. The van der Waals surface area contributed by atoms with E-state index in [-0.39, 0.29) is 24.0 Å². The van der Waals surface area contributed by atoms with E-state index in [0.717, 1.165) is 0 Å². The smallest absolute Gasteiger partial charge is 0.410 e. The third kappa shape index (κ3) is 5.96. The summed E-state index contributed by atoms with van der Waals surface area (Å²) in [6.07, 6.45) is 23.4. The number of amides is 4. The van der Waals surface area contributed by atoms with Crippen LogP contribution < -0.4 is 0 Å². The van der Waals surface area contributed by atoms with Gasteiger partial charge in [0.2, 0.25) is 11.8 Å². The van der Waals surface area contributed by atoms with Crippen molar-refractivity contribution in [2.75, 3.05) is 105 Å². The van der Waals surface area contributed by atoms with Gasteiger partial charge in [0, 0.05) is 130 Å². The highest BCUT2D eigenvalue weighted by molar-refractivity contribution is 5.87. The molecule has 0 radical (unpaired) electrons. The van der Waals surface area contributed by atoms with Crippen LogP contribution in [-0.2, 0) is 23.8 Å². The summed E-state index contributed by atoms with van der Waals surface area (Å²) in [4.78, 5) is 70.2. The standard InChI is InChI=1S/C50H66N8O7/c1-35(59)51-19-27-57(28-20-51)47-13-11-45(55-31-23-53(24-32-55)41(61)63-43(3,4)5)9-10-46(56-33-25-54(26-34-56)42(62)64-44(6,7)8)12-14-48(58-29-21-52(22-30-58)36(2)60)16-18-49(17-15-47)50(65-49)39(47)37(45)38(46)40(48)50/h9-18H,19-34H2,1-8H3/t45-,46+,47-,48+,49?,50?. The van der Waals surface area contributed by atoms with Crippen LogP contribution in [0.1, 0.15) is 55.4 Å². The maximum atomic E-state index is 13.5. The summed E-state index contributed by atoms with van der Waals surface area (Å²) >= 11 is 0. The molecule has 5 heterocycles. The molecule has 65 heavy (non-hydrogen) atoms. The van der Waals surface area contributed by atoms with E-state index in [9.17, 15) is 19.2 Å². The van der Waals surface area contributed by atoms with E-state index >= 15 is 0 Å². The highest BCUT2D eigenvalue weighted by Crippen LogP contribution is 2.78. The normalized spacial score (nSPS) is 37.5. The molecule has 0 aromatic carbocycles. The van der Waals surface area contributed by atoms with Crippen molar-refractivity contribution >= 4 is 24.0 Å². The second kappa shape index (κ2) is 14.0. The zero-order valence-corrected chi connectivity index (χ0v) is 39.5. The molecule has 6 aliphatic carbocycles. The van der Waals surface area contributed by atoms with Crippen molar-refractivity contribution in [3.05, 3.63) is 83.1 Å². The lowest BCUT2D eigenvalue weighted by Gasteiger charge is -2.58. The average molecular weight is 891 g/mol. The first kappa shape index (κ1) is 43.1. The van der Waals surface area contributed by atoms with Gasteiger partial charge in [-0.1, -0.05) is 48.6 Å². The van der Waals surface area contributed by atoms with Crippen LogP contribution in [0.3, 0.4) is 0 Å². The number of epoxide rings is 1. The van der Waals surface area contributed by atoms with Crippen LogP contribution in [0.2, 0.25) is 0 Å². The predicted octanol–water partition coefficient (Wildman–Crippen LogP) is 3.34. The van der Waals surface area contributed by atoms with Gasteiger partial charge in [-0.3, -0.25) is 29.2 Å². The van der Waals surface area contributed by atoms with Crippen molar-refractivity contribution in [2.45, 2.75) is 99.9 Å². The Morgan fingerprint density at radius 3 is 1.02 bits per heavy atom. The number of hydrogen-bond donors (Lipinski definition) is 0. The van der Waals surface area contributed by atoms with Gasteiger partial charge >= 0.3 is 12.2 Å². The average Bonchev–Trinajstić information content (AvgIpc) is 3.87. The Kier molecular flexibility index (Phi) is 9.28. The Balaban J connectivity index is 1.08. The lowest BCUT2D eigenvalue weighted by Crippen LogP contribution is -2.66. The minimum Gasteiger partial charge on any atom is -0.444 e. The van der Waals surface area contributed by atoms with E-state index in [4.69, 9.17) is 14.2 Å². The number of carbonyl (C=O) groups is 4. The zero-order chi connectivity index (χ0) is 45.7. The molecule has 0 bridgehead atoms. The van der Waals surface area contributed by atoms with Gasteiger partial charge in [0.1, 0.15) is 16.8 Å². The molecule has 0 aromatic heterocycles. The minimum absolute atomic E-state index is 0.0975. The molecule has 2 unspecified atom stereocenters. The van der Waals surface area contributed by atoms with E-state index in [1.165, 1.54) is 22.3 Å². The van der Waals surface area contributed by atoms with Crippen LogP contribution in [-0.4, -0.2) is 212 Å².